The van der Waals surface area contributed by atoms with Gasteiger partial charge in [-0.3, -0.25) is 4.79 Å². The molecule has 1 aromatic carbocycles. The van der Waals surface area contributed by atoms with E-state index in [1.807, 2.05) is 39.8 Å². The first-order chi connectivity index (χ1) is 8.51. The lowest BCUT2D eigenvalue weighted by Gasteiger charge is -2.22. The first-order valence-electron chi connectivity index (χ1n) is 6.25. The highest BCUT2D eigenvalue weighted by atomic mass is 16.2. The zero-order valence-electron chi connectivity index (χ0n) is 11.6. The molecule has 1 amide bonds. The van der Waals surface area contributed by atoms with Crippen LogP contribution in [0, 0.1) is 32.1 Å². The SMILES string of the molecule is CCN(CCC#N)C(=O)c1c(C)cc(C)cc1C. The lowest BCUT2D eigenvalue weighted by Crippen LogP contribution is -2.32. The van der Waals surface area contributed by atoms with Crippen molar-refractivity contribution in [3.8, 4) is 6.07 Å². The number of benzene rings is 1. The van der Waals surface area contributed by atoms with Gasteiger partial charge in [-0.1, -0.05) is 17.7 Å². The van der Waals surface area contributed by atoms with Crippen molar-refractivity contribution in [1.82, 2.24) is 4.90 Å². The van der Waals surface area contributed by atoms with Crippen LogP contribution in [0.2, 0.25) is 0 Å². The summed E-state index contributed by atoms with van der Waals surface area (Å²) in [6, 6.07) is 6.14. The molecule has 0 bridgehead atoms. The quantitative estimate of drug-likeness (QED) is 0.817. The number of hydrogen-bond acceptors (Lipinski definition) is 2. The third kappa shape index (κ3) is 3.10. The fraction of sp³-hybridized carbons (Fsp3) is 0.467. The van der Waals surface area contributed by atoms with E-state index in [4.69, 9.17) is 5.26 Å². The minimum atomic E-state index is 0.0303. The summed E-state index contributed by atoms with van der Waals surface area (Å²) in [5.74, 6) is 0.0303. The monoisotopic (exact) mass is 244 g/mol. The zero-order chi connectivity index (χ0) is 13.7. The standard InChI is InChI=1S/C15H20N2O/c1-5-17(8-6-7-16)15(18)14-12(3)9-11(2)10-13(14)4/h9-10H,5-6,8H2,1-4H3. The van der Waals surface area contributed by atoms with Crippen molar-refractivity contribution < 1.29 is 4.79 Å². The Morgan fingerprint density at radius 2 is 1.83 bits per heavy atom. The molecule has 0 spiro atoms. The maximum atomic E-state index is 12.5. The molecule has 0 aliphatic carbocycles. The van der Waals surface area contributed by atoms with E-state index < -0.39 is 0 Å². The average Bonchev–Trinajstić information content (AvgIpc) is 2.28. The molecule has 3 nitrogen and oxygen atoms in total. The second kappa shape index (κ2) is 6.20. The maximum absolute atomic E-state index is 12.5. The Hall–Kier alpha value is -1.82. The van der Waals surface area contributed by atoms with Crippen molar-refractivity contribution in [2.45, 2.75) is 34.1 Å². The molecule has 0 aliphatic heterocycles. The van der Waals surface area contributed by atoms with Gasteiger partial charge in [0.05, 0.1) is 12.5 Å². The second-order valence-electron chi connectivity index (χ2n) is 4.57. The molecule has 1 rings (SSSR count). The van der Waals surface area contributed by atoms with Gasteiger partial charge < -0.3 is 4.90 Å². The van der Waals surface area contributed by atoms with Crippen molar-refractivity contribution in [2.24, 2.45) is 0 Å². The molecule has 0 N–H and O–H groups in total. The van der Waals surface area contributed by atoms with Crippen molar-refractivity contribution >= 4 is 5.91 Å². The van der Waals surface area contributed by atoms with E-state index in [-0.39, 0.29) is 5.91 Å². The first-order valence-corrected chi connectivity index (χ1v) is 6.25. The van der Waals surface area contributed by atoms with Crippen LogP contribution >= 0.6 is 0 Å². The summed E-state index contributed by atoms with van der Waals surface area (Å²) < 4.78 is 0. The minimum Gasteiger partial charge on any atom is -0.338 e. The van der Waals surface area contributed by atoms with Crippen LogP contribution in [0.1, 0.15) is 40.4 Å². The van der Waals surface area contributed by atoms with Crippen LogP contribution in [-0.4, -0.2) is 23.9 Å². The summed E-state index contributed by atoms with van der Waals surface area (Å²) in [5.41, 5.74) is 3.96. The average molecular weight is 244 g/mol. The van der Waals surface area contributed by atoms with Gasteiger partial charge in [-0.25, -0.2) is 0 Å². The van der Waals surface area contributed by atoms with Crippen LogP contribution in [0.4, 0.5) is 0 Å². The molecule has 0 heterocycles. The van der Waals surface area contributed by atoms with E-state index in [0.29, 0.717) is 19.5 Å². The van der Waals surface area contributed by atoms with Crippen LogP contribution in [0.3, 0.4) is 0 Å². The first kappa shape index (κ1) is 14.2. The summed E-state index contributed by atoms with van der Waals surface area (Å²) in [7, 11) is 0. The van der Waals surface area contributed by atoms with Crippen molar-refractivity contribution in [2.75, 3.05) is 13.1 Å². The number of amides is 1. The Kier molecular flexibility index (Phi) is 4.91. The maximum Gasteiger partial charge on any atom is 0.254 e. The topological polar surface area (TPSA) is 44.1 Å². The van der Waals surface area contributed by atoms with Gasteiger partial charge in [0.25, 0.3) is 5.91 Å². The smallest absolute Gasteiger partial charge is 0.254 e. The summed E-state index contributed by atoms with van der Waals surface area (Å²) >= 11 is 0. The van der Waals surface area contributed by atoms with Crippen molar-refractivity contribution in [3.05, 3.63) is 34.4 Å². The van der Waals surface area contributed by atoms with Gasteiger partial charge in [-0.15, -0.1) is 0 Å². The summed E-state index contributed by atoms with van der Waals surface area (Å²) in [4.78, 5) is 14.2. The van der Waals surface area contributed by atoms with Crippen LogP contribution in [0.15, 0.2) is 12.1 Å². The van der Waals surface area contributed by atoms with Gasteiger partial charge in [-0.05, 0) is 38.8 Å². The Morgan fingerprint density at radius 3 is 2.28 bits per heavy atom. The molecule has 1 aromatic rings. The summed E-state index contributed by atoms with van der Waals surface area (Å²) in [5, 5.41) is 8.62. The molecule has 0 unspecified atom stereocenters. The highest BCUT2D eigenvalue weighted by Crippen LogP contribution is 2.18. The number of nitriles is 1. The molecule has 0 saturated heterocycles. The fourth-order valence-corrected chi connectivity index (χ4v) is 2.26. The van der Waals surface area contributed by atoms with E-state index in [0.717, 1.165) is 16.7 Å². The van der Waals surface area contributed by atoms with Gasteiger partial charge in [0.2, 0.25) is 0 Å². The Bertz CT molecular complexity index is 463. The van der Waals surface area contributed by atoms with Gasteiger partial charge in [-0.2, -0.15) is 5.26 Å². The molecule has 18 heavy (non-hydrogen) atoms. The third-order valence-corrected chi connectivity index (χ3v) is 3.05. The number of carbonyl (C=O) groups is 1. The van der Waals surface area contributed by atoms with Gasteiger partial charge in [0.15, 0.2) is 0 Å². The number of rotatable bonds is 4. The number of nitrogens with zero attached hydrogens (tertiary/aromatic N) is 2. The van der Waals surface area contributed by atoms with Gasteiger partial charge in [0, 0.05) is 18.7 Å². The Morgan fingerprint density at radius 1 is 1.28 bits per heavy atom. The summed E-state index contributed by atoms with van der Waals surface area (Å²) in [6.07, 6.45) is 0.379. The van der Waals surface area contributed by atoms with E-state index >= 15 is 0 Å². The van der Waals surface area contributed by atoms with Crippen LogP contribution in [0.5, 0.6) is 0 Å². The van der Waals surface area contributed by atoms with Crippen molar-refractivity contribution in [3.63, 3.8) is 0 Å². The third-order valence-electron chi connectivity index (χ3n) is 3.05. The molecule has 0 fully saturated rings. The lowest BCUT2D eigenvalue weighted by molar-refractivity contribution is 0.0766. The van der Waals surface area contributed by atoms with E-state index in [9.17, 15) is 4.79 Å². The predicted molar refractivity (Wildman–Crippen MR) is 72.5 cm³/mol. The highest BCUT2D eigenvalue weighted by Gasteiger charge is 2.18. The van der Waals surface area contributed by atoms with E-state index in [1.165, 1.54) is 5.56 Å². The molecule has 0 aromatic heterocycles. The van der Waals surface area contributed by atoms with E-state index in [2.05, 4.69) is 6.07 Å². The summed E-state index contributed by atoms with van der Waals surface area (Å²) in [6.45, 7) is 9.03. The number of carbonyl (C=O) groups excluding carboxylic acids is 1. The molecule has 0 saturated carbocycles. The van der Waals surface area contributed by atoms with E-state index in [1.54, 1.807) is 4.90 Å². The van der Waals surface area contributed by atoms with Crippen LogP contribution in [0.25, 0.3) is 0 Å². The largest absolute Gasteiger partial charge is 0.338 e. The van der Waals surface area contributed by atoms with Crippen molar-refractivity contribution in [1.29, 1.82) is 5.26 Å². The van der Waals surface area contributed by atoms with Gasteiger partial charge >= 0.3 is 0 Å². The predicted octanol–water partition coefficient (Wildman–Crippen LogP) is 2.99. The minimum absolute atomic E-state index is 0.0303. The fourth-order valence-electron chi connectivity index (χ4n) is 2.26. The van der Waals surface area contributed by atoms with Gasteiger partial charge in [0.1, 0.15) is 0 Å². The lowest BCUT2D eigenvalue weighted by atomic mass is 9.98. The number of aryl methyl sites for hydroxylation is 3. The molecule has 0 aliphatic rings. The molecule has 3 heteroatoms. The molecular formula is C15H20N2O. The molecule has 0 atom stereocenters. The normalized spacial score (nSPS) is 9.94. The number of hydrogen-bond donors (Lipinski definition) is 0. The van der Waals surface area contributed by atoms with Crippen LogP contribution < -0.4 is 0 Å². The zero-order valence-corrected chi connectivity index (χ0v) is 11.6. The Balaban J connectivity index is 3.06. The second-order valence-corrected chi connectivity index (χ2v) is 4.57. The molecule has 96 valence electrons. The highest BCUT2D eigenvalue weighted by molar-refractivity contribution is 5.97. The molecular weight excluding hydrogens is 224 g/mol. The van der Waals surface area contributed by atoms with Crippen LogP contribution in [-0.2, 0) is 0 Å². The molecule has 0 radical (unpaired) electrons. The Labute approximate surface area is 109 Å².